The van der Waals surface area contributed by atoms with Crippen molar-refractivity contribution in [2.45, 2.75) is 32.0 Å². The van der Waals surface area contributed by atoms with Crippen LogP contribution < -0.4 is 5.32 Å². The van der Waals surface area contributed by atoms with Crippen LogP contribution in [0.25, 0.3) is 0 Å². The van der Waals surface area contributed by atoms with E-state index in [1.807, 2.05) is 60.7 Å². The molecule has 2 rings (SSSR count). The first-order valence-electron chi connectivity index (χ1n) is 6.72. The van der Waals surface area contributed by atoms with Crippen molar-refractivity contribution in [1.29, 1.82) is 0 Å². The van der Waals surface area contributed by atoms with Crippen LogP contribution in [0.4, 0.5) is 0 Å². The Morgan fingerprint density at radius 1 is 0.789 bits per heavy atom. The Balaban J connectivity index is 2.28. The van der Waals surface area contributed by atoms with E-state index < -0.39 is 6.10 Å². The number of hydrogen-bond acceptors (Lipinski definition) is 2. The summed E-state index contributed by atoms with van der Waals surface area (Å²) < 4.78 is 0. The summed E-state index contributed by atoms with van der Waals surface area (Å²) in [6.07, 6.45) is -0.550. The van der Waals surface area contributed by atoms with Gasteiger partial charge in [-0.05, 0) is 11.1 Å². The van der Waals surface area contributed by atoms with E-state index in [0.717, 1.165) is 11.1 Å². The van der Waals surface area contributed by atoms with Crippen LogP contribution in [-0.2, 0) is 0 Å². The highest BCUT2D eigenvalue weighted by Gasteiger charge is 2.22. The molecule has 2 nitrogen and oxygen atoms in total. The Morgan fingerprint density at radius 2 is 1.26 bits per heavy atom. The molecule has 0 saturated heterocycles. The molecule has 0 spiro atoms. The van der Waals surface area contributed by atoms with Crippen molar-refractivity contribution in [2.24, 2.45) is 0 Å². The van der Waals surface area contributed by atoms with E-state index in [0.29, 0.717) is 6.04 Å². The third-order valence-corrected chi connectivity index (χ3v) is 3.13. The monoisotopic (exact) mass is 255 g/mol. The topological polar surface area (TPSA) is 32.3 Å². The van der Waals surface area contributed by atoms with Gasteiger partial charge in [-0.15, -0.1) is 0 Å². The van der Waals surface area contributed by atoms with Crippen molar-refractivity contribution in [2.75, 3.05) is 0 Å². The average molecular weight is 255 g/mol. The first-order chi connectivity index (χ1) is 9.18. The maximum absolute atomic E-state index is 10.6. The lowest BCUT2D eigenvalue weighted by Crippen LogP contribution is -2.32. The van der Waals surface area contributed by atoms with Crippen LogP contribution in [0, 0.1) is 0 Å². The molecule has 2 aromatic rings. The van der Waals surface area contributed by atoms with E-state index in [2.05, 4.69) is 19.2 Å². The smallest absolute Gasteiger partial charge is 0.0984 e. The normalized spacial score (nSPS) is 14.3. The molecule has 0 fully saturated rings. The number of aliphatic hydroxyl groups is 1. The zero-order valence-corrected chi connectivity index (χ0v) is 11.5. The largest absolute Gasteiger partial charge is 0.386 e. The molecule has 0 bridgehead atoms. The second kappa shape index (κ2) is 6.50. The standard InChI is InChI=1S/C17H21NO/c1-13(2)18-16(14-9-5-3-6-10-14)17(19)15-11-7-4-8-12-15/h3-13,16-19H,1-2H3/t16-,17-/m0/s1. The third kappa shape index (κ3) is 3.66. The zero-order valence-electron chi connectivity index (χ0n) is 11.5. The van der Waals surface area contributed by atoms with Gasteiger partial charge in [-0.3, -0.25) is 0 Å². The van der Waals surface area contributed by atoms with Crippen molar-refractivity contribution in [3.63, 3.8) is 0 Å². The quantitative estimate of drug-likeness (QED) is 0.857. The second-order valence-electron chi connectivity index (χ2n) is 5.07. The Morgan fingerprint density at radius 3 is 1.74 bits per heavy atom. The SMILES string of the molecule is CC(C)N[C@@H](c1ccccc1)[C@@H](O)c1ccccc1. The van der Waals surface area contributed by atoms with Gasteiger partial charge in [0.05, 0.1) is 12.1 Å². The molecule has 0 aliphatic rings. The van der Waals surface area contributed by atoms with Crippen molar-refractivity contribution in [1.82, 2.24) is 5.32 Å². The van der Waals surface area contributed by atoms with Crippen molar-refractivity contribution >= 4 is 0 Å². The molecule has 0 amide bonds. The first kappa shape index (κ1) is 13.8. The highest BCUT2D eigenvalue weighted by atomic mass is 16.3. The molecule has 0 radical (unpaired) electrons. The number of hydrogen-bond donors (Lipinski definition) is 2. The Hall–Kier alpha value is -1.64. The average Bonchev–Trinajstić information content (AvgIpc) is 2.46. The van der Waals surface area contributed by atoms with Crippen molar-refractivity contribution < 1.29 is 5.11 Å². The minimum Gasteiger partial charge on any atom is -0.386 e. The highest BCUT2D eigenvalue weighted by Crippen LogP contribution is 2.28. The van der Waals surface area contributed by atoms with E-state index >= 15 is 0 Å². The van der Waals surface area contributed by atoms with E-state index in [1.54, 1.807) is 0 Å². The van der Waals surface area contributed by atoms with Gasteiger partial charge in [-0.2, -0.15) is 0 Å². The van der Waals surface area contributed by atoms with Gasteiger partial charge in [0, 0.05) is 6.04 Å². The Kier molecular flexibility index (Phi) is 4.72. The second-order valence-corrected chi connectivity index (χ2v) is 5.07. The summed E-state index contributed by atoms with van der Waals surface area (Å²) in [4.78, 5) is 0. The maximum Gasteiger partial charge on any atom is 0.0984 e. The first-order valence-corrected chi connectivity index (χ1v) is 6.72. The molecule has 0 aromatic heterocycles. The fourth-order valence-corrected chi connectivity index (χ4v) is 2.23. The molecule has 0 heterocycles. The van der Waals surface area contributed by atoms with Crippen LogP contribution in [0.2, 0.25) is 0 Å². The summed E-state index contributed by atoms with van der Waals surface area (Å²) in [5.74, 6) is 0. The Labute approximate surface area is 115 Å². The molecule has 0 aliphatic heterocycles. The lowest BCUT2D eigenvalue weighted by molar-refractivity contribution is 0.124. The number of nitrogens with one attached hydrogen (secondary N) is 1. The zero-order chi connectivity index (χ0) is 13.7. The summed E-state index contributed by atoms with van der Waals surface area (Å²) in [6, 6.07) is 20.1. The minimum absolute atomic E-state index is 0.0939. The molecular formula is C17H21NO. The number of rotatable bonds is 5. The minimum atomic E-state index is -0.550. The van der Waals surface area contributed by atoms with Crippen LogP contribution in [0.5, 0.6) is 0 Å². The predicted octanol–water partition coefficient (Wildman–Crippen LogP) is 3.46. The van der Waals surface area contributed by atoms with Gasteiger partial charge in [0.25, 0.3) is 0 Å². The van der Waals surface area contributed by atoms with Gasteiger partial charge in [0.1, 0.15) is 0 Å². The summed E-state index contributed by atoms with van der Waals surface area (Å²) >= 11 is 0. The van der Waals surface area contributed by atoms with Gasteiger partial charge in [0.2, 0.25) is 0 Å². The molecule has 2 heteroatoms. The van der Waals surface area contributed by atoms with E-state index in [9.17, 15) is 5.11 Å². The molecule has 2 N–H and O–H groups in total. The summed E-state index contributed by atoms with van der Waals surface area (Å²) in [6.45, 7) is 4.18. The molecule has 2 atom stereocenters. The molecule has 2 aromatic carbocycles. The number of benzene rings is 2. The van der Waals surface area contributed by atoms with Crippen molar-refractivity contribution in [3.8, 4) is 0 Å². The van der Waals surface area contributed by atoms with Crippen molar-refractivity contribution in [3.05, 3.63) is 71.8 Å². The Bertz CT molecular complexity index is 481. The van der Waals surface area contributed by atoms with Gasteiger partial charge in [-0.1, -0.05) is 74.5 Å². The molecular weight excluding hydrogens is 234 g/mol. The molecule has 0 saturated carbocycles. The van der Waals surface area contributed by atoms with Crippen LogP contribution >= 0.6 is 0 Å². The summed E-state index contributed by atoms with van der Waals surface area (Å²) in [5.41, 5.74) is 2.04. The van der Waals surface area contributed by atoms with Crippen LogP contribution in [0.15, 0.2) is 60.7 Å². The third-order valence-electron chi connectivity index (χ3n) is 3.13. The predicted molar refractivity (Wildman–Crippen MR) is 78.9 cm³/mol. The molecule has 100 valence electrons. The van der Waals surface area contributed by atoms with Gasteiger partial charge in [0.15, 0.2) is 0 Å². The van der Waals surface area contributed by atoms with Gasteiger partial charge in [-0.25, -0.2) is 0 Å². The van der Waals surface area contributed by atoms with Crippen LogP contribution in [0.3, 0.4) is 0 Å². The fraction of sp³-hybridized carbons (Fsp3) is 0.294. The maximum atomic E-state index is 10.6. The fourth-order valence-electron chi connectivity index (χ4n) is 2.23. The molecule has 19 heavy (non-hydrogen) atoms. The summed E-state index contributed by atoms with van der Waals surface area (Å²) in [7, 11) is 0. The van der Waals surface area contributed by atoms with Crippen LogP contribution in [0.1, 0.15) is 37.1 Å². The molecule has 0 aliphatic carbocycles. The van der Waals surface area contributed by atoms with E-state index in [4.69, 9.17) is 0 Å². The van der Waals surface area contributed by atoms with Crippen LogP contribution in [-0.4, -0.2) is 11.1 Å². The lowest BCUT2D eigenvalue weighted by Gasteiger charge is -2.27. The van der Waals surface area contributed by atoms with Gasteiger partial charge < -0.3 is 10.4 Å². The summed E-state index contributed by atoms with van der Waals surface area (Å²) in [5, 5.41) is 14.1. The molecule has 0 unspecified atom stereocenters. The van der Waals surface area contributed by atoms with E-state index in [1.165, 1.54) is 0 Å². The lowest BCUT2D eigenvalue weighted by atomic mass is 9.95. The van der Waals surface area contributed by atoms with E-state index in [-0.39, 0.29) is 6.04 Å². The highest BCUT2D eigenvalue weighted by molar-refractivity contribution is 5.26. The van der Waals surface area contributed by atoms with Gasteiger partial charge >= 0.3 is 0 Å². The number of aliphatic hydroxyl groups excluding tert-OH is 1.